The van der Waals surface area contributed by atoms with Crippen molar-refractivity contribution in [2.45, 2.75) is 51.2 Å². The molecule has 41 heavy (non-hydrogen) atoms. The molecular formula is C32H37NO8. The Hall–Kier alpha value is -3.95. The largest absolute Gasteiger partial charge is 0.508 e. The number of fused-ring (bicyclic) bond motifs is 5. The summed E-state index contributed by atoms with van der Waals surface area (Å²) < 4.78 is 23.5. The summed E-state index contributed by atoms with van der Waals surface area (Å²) in [6, 6.07) is 10.9. The van der Waals surface area contributed by atoms with Gasteiger partial charge in [-0.3, -0.25) is 4.79 Å². The second kappa shape index (κ2) is 11.9. The molecule has 4 N–H and O–H groups in total. The number of ether oxygens (including phenoxy) is 4. The monoisotopic (exact) mass is 563 g/mol. The third-order valence-electron chi connectivity index (χ3n) is 8.05. The Balaban J connectivity index is 1.68. The highest BCUT2D eigenvalue weighted by Crippen LogP contribution is 2.56. The number of esters is 1. The predicted molar refractivity (Wildman–Crippen MR) is 153 cm³/mol. The van der Waals surface area contributed by atoms with Crippen LogP contribution in [0.5, 0.6) is 28.7 Å². The summed E-state index contributed by atoms with van der Waals surface area (Å²) in [5, 5.41) is 34.2. The van der Waals surface area contributed by atoms with Gasteiger partial charge in [-0.1, -0.05) is 19.1 Å². The van der Waals surface area contributed by atoms with Gasteiger partial charge in [0.25, 0.3) is 0 Å². The number of aliphatic hydroxyl groups excluding tert-OH is 1. The fourth-order valence-corrected chi connectivity index (χ4v) is 6.18. The molecule has 9 heteroatoms. The third-order valence-corrected chi connectivity index (χ3v) is 8.05. The summed E-state index contributed by atoms with van der Waals surface area (Å²) in [4.78, 5) is 11.9. The van der Waals surface area contributed by atoms with Gasteiger partial charge < -0.3 is 39.6 Å². The Morgan fingerprint density at radius 1 is 1.05 bits per heavy atom. The van der Waals surface area contributed by atoms with Crippen LogP contribution < -0.4 is 19.5 Å². The summed E-state index contributed by atoms with van der Waals surface area (Å²) in [7, 11) is 3.08. The van der Waals surface area contributed by atoms with E-state index in [2.05, 4.69) is 5.32 Å². The minimum atomic E-state index is -0.515. The summed E-state index contributed by atoms with van der Waals surface area (Å²) in [5.41, 5.74) is 6.31. The van der Waals surface area contributed by atoms with Gasteiger partial charge in [-0.15, -0.1) is 0 Å². The highest BCUT2D eigenvalue weighted by Gasteiger charge is 2.42. The van der Waals surface area contributed by atoms with Crippen molar-refractivity contribution in [3.05, 3.63) is 64.2 Å². The van der Waals surface area contributed by atoms with Crippen LogP contribution >= 0.6 is 0 Å². The van der Waals surface area contributed by atoms with Crippen LogP contribution in [0.2, 0.25) is 0 Å². The number of benzene rings is 3. The lowest BCUT2D eigenvalue weighted by atomic mass is 9.75. The van der Waals surface area contributed by atoms with Crippen molar-refractivity contribution in [2.75, 3.05) is 34.0 Å². The Labute approximate surface area is 239 Å². The van der Waals surface area contributed by atoms with Gasteiger partial charge in [-0.25, -0.2) is 0 Å². The quantitative estimate of drug-likeness (QED) is 0.260. The molecule has 0 saturated heterocycles. The van der Waals surface area contributed by atoms with E-state index in [0.717, 1.165) is 51.2 Å². The molecule has 9 nitrogen and oxygen atoms in total. The van der Waals surface area contributed by atoms with E-state index in [-0.39, 0.29) is 42.5 Å². The number of carbonyl (C=O) groups is 1. The number of rotatable bonds is 10. The normalized spacial score (nSPS) is 18.6. The van der Waals surface area contributed by atoms with Gasteiger partial charge in [0, 0.05) is 48.4 Å². The molecule has 0 radical (unpaired) electrons. The van der Waals surface area contributed by atoms with Crippen molar-refractivity contribution >= 4 is 5.97 Å². The molecule has 1 aliphatic carbocycles. The molecule has 3 aromatic carbocycles. The maximum absolute atomic E-state index is 11.9. The smallest absolute Gasteiger partial charge is 0.302 e. The number of phenolic OH excluding ortho intramolecular Hbond substituents is 2. The number of aromatic hydroxyl groups is 2. The van der Waals surface area contributed by atoms with Crippen LogP contribution in [0.25, 0.3) is 11.1 Å². The fourth-order valence-electron chi connectivity index (χ4n) is 6.18. The third kappa shape index (κ3) is 5.27. The average molecular weight is 564 g/mol. The lowest BCUT2D eigenvalue weighted by Gasteiger charge is -2.30. The van der Waals surface area contributed by atoms with Gasteiger partial charge in [-0.2, -0.15) is 0 Å². The van der Waals surface area contributed by atoms with Crippen LogP contribution in [0.4, 0.5) is 0 Å². The molecule has 0 aromatic heterocycles. The van der Waals surface area contributed by atoms with Gasteiger partial charge in [0.05, 0.1) is 20.1 Å². The molecule has 218 valence electrons. The van der Waals surface area contributed by atoms with E-state index in [1.54, 1.807) is 31.4 Å². The number of methoxy groups -OCH3 is 2. The Morgan fingerprint density at radius 3 is 2.51 bits per heavy atom. The first-order chi connectivity index (χ1) is 19.8. The van der Waals surface area contributed by atoms with E-state index in [1.807, 2.05) is 19.1 Å². The summed E-state index contributed by atoms with van der Waals surface area (Å²) >= 11 is 0. The summed E-state index contributed by atoms with van der Waals surface area (Å²) in [6.45, 7) is 4.75. The summed E-state index contributed by atoms with van der Waals surface area (Å²) in [5.74, 6) is 0.979. The van der Waals surface area contributed by atoms with E-state index in [4.69, 9.17) is 18.9 Å². The number of phenols is 2. The molecule has 0 amide bonds. The highest BCUT2D eigenvalue weighted by atomic mass is 16.5. The number of hydrogen-bond donors (Lipinski definition) is 4. The topological polar surface area (TPSA) is 127 Å². The highest BCUT2D eigenvalue weighted by molar-refractivity contribution is 5.83. The van der Waals surface area contributed by atoms with Gasteiger partial charge in [0.15, 0.2) is 11.5 Å². The molecular weight excluding hydrogens is 526 g/mol. The second-order valence-electron chi connectivity index (χ2n) is 10.5. The molecule has 3 aromatic rings. The van der Waals surface area contributed by atoms with E-state index in [0.29, 0.717) is 30.9 Å². The van der Waals surface area contributed by atoms with E-state index in [1.165, 1.54) is 14.0 Å². The van der Waals surface area contributed by atoms with Crippen LogP contribution in [0.3, 0.4) is 0 Å². The molecule has 0 saturated carbocycles. The first-order valence-corrected chi connectivity index (χ1v) is 13.9. The first kappa shape index (κ1) is 28.6. The zero-order valence-electron chi connectivity index (χ0n) is 23.8. The van der Waals surface area contributed by atoms with E-state index >= 15 is 0 Å². The van der Waals surface area contributed by atoms with Crippen molar-refractivity contribution in [1.82, 2.24) is 5.32 Å². The molecule has 1 aliphatic heterocycles. The Morgan fingerprint density at radius 2 is 1.83 bits per heavy atom. The van der Waals surface area contributed by atoms with Gasteiger partial charge in [0.1, 0.15) is 30.0 Å². The predicted octanol–water partition coefficient (Wildman–Crippen LogP) is 4.69. The van der Waals surface area contributed by atoms with Crippen LogP contribution in [0.1, 0.15) is 66.0 Å². The number of nitrogens with one attached hydrogen (secondary N) is 1. The Bertz CT molecular complexity index is 1450. The standard InChI is InChI=1S/C32H37NO8/c1-5-33-15-19-11-27(37)28(38-3)14-24(19)32-26(16-40-17(2)35)22-7-6-21-25(31(22)41-32)10-18(8-9-34)23-12-20(36)13-29(39-4)30(21)23/h6-7,11-14,18,26,32-34,36-37H,5,8-10,15-16H2,1-4H3/t18-,26+,32-/m1/s1. The molecule has 2 aliphatic rings. The molecule has 0 unspecified atom stereocenters. The van der Waals surface area contributed by atoms with Crippen LogP contribution in [-0.4, -0.2) is 55.3 Å². The second-order valence-corrected chi connectivity index (χ2v) is 10.5. The van der Waals surface area contributed by atoms with E-state index in [9.17, 15) is 20.1 Å². The number of aliphatic hydroxyl groups is 1. The van der Waals surface area contributed by atoms with Crippen molar-refractivity contribution in [3.8, 4) is 39.9 Å². The molecule has 0 spiro atoms. The van der Waals surface area contributed by atoms with Gasteiger partial charge >= 0.3 is 5.97 Å². The van der Waals surface area contributed by atoms with Crippen molar-refractivity contribution in [3.63, 3.8) is 0 Å². The SMILES string of the molecule is CCNCc1cc(O)c(OC)cc1[C@H]1Oc2c(ccc3c2C[C@@H](CCO)c2cc(O)cc(OC)c2-3)[C@@H]1COC(C)=O. The lowest BCUT2D eigenvalue weighted by Crippen LogP contribution is -2.20. The zero-order chi connectivity index (χ0) is 29.3. The van der Waals surface area contributed by atoms with Crippen LogP contribution in [-0.2, 0) is 22.5 Å². The lowest BCUT2D eigenvalue weighted by molar-refractivity contribution is -0.141. The number of carbonyl (C=O) groups excluding carboxylic acids is 1. The summed E-state index contributed by atoms with van der Waals surface area (Å²) in [6.07, 6.45) is 0.582. The minimum Gasteiger partial charge on any atom is -0.508 e. The minimum absolute atomic E-state index is 0.00785. The zero-order valence-corrected chi connectivity index (χ0v) is 23.8. The molecule has 5 rings (SSSR count). The molecule has 0 fully saturated rings. The van der Waals surface area contributed by atoms with E-state index < -0.39 is 6.10 Å². The number of hydrogen-bond acceptors (Lipinski definition) is 9. The maximum atomic E-state index is 11.9. The van der Waals surface area contributed by atoms with Crippen molar-refractivity contribution < 1.29 is 39.1 Å². The van der Waals surface area contributed by atoms with Crippen LogP contribution in [0.15, 0.2) is 36.4 Å². The van der Waals surface area contributed by atoms with Gasteiger partial charge in [-0.05, 0) is 60.2 Å². The van der Waals surface area contributed by atoms with Crippen LogP contribution in [0, 0.1) is 0 Å². The van der Waals surface area contributed by atoms with Gasteiger partial charge in [0.2, 0.25) is 0 Å². The maximum Gasteiger partial charge on any atom is 0.302 e. The first-order valence-electron chi connectivity index (χ1n) is 13.9. The van der Waals surface area contributed by atoms with Crippen molar-refractivity contribution in [2.24, 2.45) is 0 Å². The fraction of sp³-hybridized carbons (Fsp3) is 0.406. The average Bonchev–Trinajstić information content (AvgIpc) is 3.33. The molecule has 3 atom stereocenters. The Kier molecular flexibility index (Phi) is 8.28. The molecule has 0 bridgehead atoms. The van der Waals surface area contributed by atoms with Crippen molar-refractivity contribution in [1.29, 1.82) is 0 Å². The molecule has 1 heterocycles.